The van der Waals surface area contributed by atoms with Gasteiger partial charge in [0.05, 0.1) is 0 Å². The Hall–Kier alpha value is -2.59. The van der Waals surface area contributed by atoms with Gasteiger partial charge in [0.15, 0.2) is 11.3 Å². The van der Waals surface area contributed by atoms with Gasteiger partial charge < -0.3 is 15.6 Å². The first-order chi connectivity index (χ1) is 11.6. The van der Waals surface area contributed by atoms with Crippen LogP contribution in [0.4, 0.5) is 0 Å². The quantitative estimate of drug-likeness (QED) is 0.424. The van der Waals surface area contributed by atoms with E-state index in [2.05, 4.69) is 15.6 Å². The third-order valence-electron chi connectivity index (χ3n) is 3.74. The van der Waals surface area contributed by atoms with Gasteiger partial charge in [-0.25, -0.2) is 4.90 Å². The number of hydrogen-bond acceptors (Lipinski definition) is 3. The summed E-state index contributed by atoms with van der Waals surface area (Å²) >= 11 is 5.22. The van der Waals surface area contributed by atoms with E-state index in [1.165, 1.54) is 0 Å². The van der Waals surface area contributed by atoms with Gasteiger partial charge in [0.1, 0.15) is 6.04 Å². The summed E-state index contributed by atoms with van der Waals surface area (Å²) in [5.41, 5.74) is 2.02. The van der Waals surface area contributed by atoms with Gasteiger partial charge in [0.25, 0.3) is 5.91 Å². The van der Waals surface area contributed by atoms with Gasteiger partial charge in [-0.1, -0.05) is 18.2 Å². The van der Waals surface area contributed by atoms with Crippen LogP contribution in [0.15, 0.2) is 30.5 Å². The molecule has 1 unspecified atom stereocenters. The van der Waals surface area contributed by atoms with Crippen LogP contribution in [-0.2, 0) is 11.2 Å². The number of benzene rings is 1. The lowest BCUT2D eigenvalue weighted by atomic mass is 10.0. The summed E-state index contributed by atoms with van der Waals surface area (Å²) in [5, 5.41) is 16.6. The van der Waals surface area contributed by atoms with E-state index >= 15 is 0 Å². The number of likely N-dealkylation sites (N-methyl/N-ethyl adjacent to an activating group) is 1. The zero-order valence-corrected chi connectivity index (χ0v) is 14.6. The molecule has 0 spiro atoms. The van der Waals surface area contributed by atoms with Crippen molar-refractivity contribution in [3.63, 3.8) is 0 Å². The van der Waals surface area contributed by atoms with E-state index in [1.807, 2.05) is 43.6 Å². The summed E-state index contributed by atoms with van der Waals surface area (Å²) in [5.74, 6) is -0.287. The lowest BCUT2D eigenvalue weighted by Gasteiger charge is -2.23. The average Bonchev–Trinajstić information content (AvgIpc) is 2.98. The molecule has 7 heteroatoms. The van der Waals surface area contributed by atoms with Crippen molar-refractivity contribution in [1.82, 2.24) is 20.5 Å². The summed E-state index contributed by atoms with van der Waals surface area (Å²) in [6, 6.07) is 7.31. The highest BCUT2D eigenvalue weighted by Gasteiger charge is 2.25. The molecule has 3 N–H and O–H groups in total. The largest absolute Gasteiger partial charge is 0.363 e. The molecular formula is C17H21N5OS. The Morgan fingerprint density at radius 2 is 2.17 bits per heavy atom. The monoisotopic (exact) mass is 343 g/mol. The molecule has 0 saturated heterocycles. The van der Waals surface area contributed by atoms with Gasteiger partial charge in [0, 0.05) is 36.6 Å². The predicted molar refractivity (Wildman–Crippen MR) is 98.2 cm³/mol. The fourth-order valence-electron chi connectivity index (χ4n) is 2.55. The number of nitrogens with one attached hydrogen (secondary N) is 3. The number of H-pyrrole nitrogens is 1. The van der Waals surface area contributed by atoms with E-state index in [4.69, 9.17) is 17.5 Å². The number of hydrogen-bond donors (Lipinski definition) is 3. The number of aromatic nitrogens is 1. The number of para-hydroxylation sites is 1. The maximum absolute atomic E-state index is 12.7. The van der Waals surface area contributed by atoms with Crippen molar-refractivity contribution in [2.45, 2.75) is 26.3 Å². The molecule has 1 atom stereocenters. The van der Waals surface area contributed by atoms with Crippen LogP contribution in [-0.4, -0.2) is 40.0 Å². The Kier molecular flexibility index (Phi) is 6.15. The molecule has 2 aromatic rings. The molecule has 0 aliphatic carbocycles. The Morgan fingerprint density at radius 3 is 2.83 bits per heavy atom. The summed E-state index contributed by atoms with van der Waals surface area (Å²) in [6.45, 7) is 4.69. The van der Waals surface area contributed by atoms with Crippen LogP contribution in [0.25, 0.3) is 10.9 Å². The number of nitriles is 1. The molecule has 0 saturated carbocycles. The predicted octanol–water partition coefficient (Wildman–Crippen LogP) is 1.89. The van der Waals surface area contributed by atoms with Crippen molar-refractivity contribution in [3.8, 4) is 6.19 Å². The highest BCUT2D eigenvalue weighted by atomic mass is 32.1. The molecular weight excluding hydrogens is 322 g/mol. The third-order valence-corrected chi connectivity index (χ3v) is 4.00. The molecule has 2 rings (SSSR count). The zero-order valence-electron chi connectivity index (χ0n) is 13.8. The van der Waals surface area contributed by atoms with E-state index < -0.39 is 6.04 Å². The van der Waals surface area contributed by atoms with Gasteiger partial charge in [-0.05, 0) is 37.7 Å². The van der Waals surface area contributed by atoms with Gasteiger partial charge in [-0.3, -0.25) is 4.79 Å². The van der Waals surface area contributed by atoms with Crippen LogP contribution >= 0.6 is 12.2 Å². The summed E-state index contributed by atoms with van der Waals surface area (Å²) < 4.78 is 0. The van der Waals surface area contributed by atoms with E-state index in [-0.39, 0.29) is 5.91 Å². The minimum absolute atomic E-state index is 0.287. The Labute approximate surface area is 146 Å². The third kappa shape index (κ3) is 4.03. The lowest BCUT2D eigenvalue weighted by Crippen LogP contribution is -2.51. The molecule has 24 heavy (non-hydrogen) atoms. The molecule has 1 heterocycles. The van der Waals surface area contributed by atoms with Crippen molar-refractivity contribution in [1.29, 1.82) is 5.26 Å². The van der Waals surface area contributed by atoms with Crippen LogP contribution in [0.3, 0.4) is 0 Å². The molecule has 0 bridgehead atoms. The number of amides is 1. The van der Waals surface area contributed by atoms with Gasteiger partial charge >= 0.3 is 0 Å². The molecule has 1 amide bonds. The van der Waals surface area contributed by atoms with Crippen LogP contribution in [0, 0.1) is 11.5 Å². The van der Waals surface area contributed by atoms with Crippen molar-refractivity contribution in [2.24, 2.45) is 0 Å². The van der Waals surface area contributed by atoms with Crippen LogP contribution in [0.5, 0.6) is 0 Å². The van der Waals surface area contributed by atoms with E-state index in [0.717, 1.165) is 21.4 Å². The molecule has 0 aliphatic heterocycles. The van der Waals surface area contributed by atoms with Crippen molar-refractivity contribution in [2.75, 3.05) is 13.1 Å². The normalized spacial score (nSPS) is 11.5. The summed E-state index contributed by atoms with van der Waals surface area (Å²) in [6.07, 6.45) is 4.26. The Bertz CT molecular complexity index is 764. The Morgan fingerprint density at radius 1 is 1.42 bits per heavy atom. The van der Waals surface area contributed by atoms with E-state index in [0.29, 0.717) is 24.6 Å². The second kappa shape index (κ2) is 8.31. The molecule has 1 aromatic heterocycles. The number of thiocarbonyl (C=S) groups is 1. The maximum atomic E-state index is 12.7. The molecule has 6 nitrogen and oxygen atoms in total. The summed E-state index contributed by atoms with van der Waals surface area (Å²) in [4.78, 5) is 17.0. The van der Waals surface area contributed by atoms with Crippen LogP contribution in [0.1, 0.15) is 19.4 Å². The molecule has 1 aromatic carbocycles. The number of rotatable bonds is 6. The minimum Gasteiger partial charge on any atom is -0.363 e. The van der Waals surface area contributed by atoms with Gasteiger partial charge in [-0.15, -0.1) is 0 Å². The highest BCUT2D eigenvalue weighted by Crippen LogP contribution is 2.19. The summed E-state index contributed by atoms with van der Waals surface area (Å²) in [7, 11) is 0. The first kappa shape index (κ1) is 17.8. The number of carbonyl (C=O) groups is 1. The standard InChI is InChI=1S/C17H21N5OS/c1-3-19-17(24)21-15(16(23)22(4-2)11-18)9-12-10-20-14-8-6-5-7-13(12)14/h5-8,10,15,20H,3-4,9H2,1-2H3,(H2,19,21,24). The van der Waals surface area contributed by atoms with Gasteiger partial charge in [-0.2, -0.15) is 5.26 Å². The second-order valence-corrected chi connectivity index (χ2v) is 5.71. The van der Waals surface area contributed by atoms with E-state index in [9.17, 15) is 4.79 Å². The number of aromatic amines is 1. The smallest absolute Gasteiger partial charge is 0.258 e. The maximum Gasteiger partial charge on any atom is 0.258 e. The zero-order chi connectivity index (χ0) is 17.5. The molecule has 126 valence electrons. The van der Waals surface area contributed by atoms with Crippen LogP contribution in [0.2, 0.25) is 0 Å². The first-order valence-electron chi connectivity index (χ1n) is 7.91. The minimum atomic E-state index is -0.602. The Balaban J connectivity index is 2.26. The molecule has 0 fully saturated rings. The average molecular weight is 343 g/mol. The second-order valence-electron chi connectivity index (χ2n) is 5.30. The topological polar surface area (TPSA) is 83.9 Å². The first-order valence-corrected chi connectivity index (χ1v) is 8.32. The number of nitrogens with zero attached hydrogens (tertiary/aromatic N) is 2. The number of carbonyl (C=O) groups excluding carboxylic acids is 1. The van der Waals surface area contributed by atoms with Crippen molar-refractivity contribution >= 4 is 34.1 Å². The van der Waals surface area contributed by atoms with E-state index in [1.54, 1.807) is 6.92 Å². The van der Waals surface area contributed by atoms with Crippen LogP contribution < -0.4 is 10.6 Å². The fraction of sp³-hybridized carbons (Fsp3) is 0.353. The highest BCUT2D eigenvalue weighted by molar-refractivity contribution is 7.80. The van der Waals surface area contributed by atoms with Crippen molar-refractivity contribution < 1.29 is 4.79 Å². The van der Waals surface area contributed by atoms with Gasteiger partial charge in [0.2, 0.25) is 0 Å². The fourth-order valence-corrected chi connectivity index (χ4v) is 2.84. The molecule has 0 aliphatic rings. The lowest BCUT2D eigenvalue weighted by molar-refractivity contribution is -0.129. The molecule has 0 radical (unpaired) electrons. The van der Waals surface area contributed by atoms with Crippen molar-refractivity contribution in [3.05, 3.63) is 36.0 Å². The SMILES string of the molecule is CCNC(=S)NC(Cc1c[nH]c2ccccc12)C(=O)N(C#N)CC. The number of fused-ring (bicyclic) bond motifs is 1.